The van der Waals surface area contributed by atoms with Gasteiger partial charge in [-0.3, -0.25) is 4.79 Å². The van der Waals surface area contributed by atoms with Gasteiger partial charge in [0.2, 0.25) is 0 Å². The zero-order valence-corrected chi connectivity index (χ0v) is 15.0. The third kappa shape index (κ3) is 3.56. The van der Waals surface area contributed by atoms with E-state index in [2.05, 4.69) is 9.97 Å². The highest BCUT2D eigenvalue weighted by atomic mass is 19.3. The molecule has 3 aromatic rings. The SMILES string of the molecule is O=C(c1ccc(F)cc1)C1CCN(c2nc(C(F)F)nc3ccccc23)CC1. The van der Waals surface area contributed by atoms with Gasteiger partial charge in [-0.2, -0.15) is 0 Å². The molecule has 2 aromatic carbocycles. The molecule has 0 unspecified atom stereocenters. The fraction of sp³-hybridized carbons (Fsp3) is 0.286. The third-order valence-corrected chi connectivity index (χ3v) is 5.09. The fourth-order valence-electron chi connectivity index (χ4n) is 3.62. The lowest BCUT2D eigenvalue weighted by atomic mass is 9.89. The number of rotatable bonds is 4. The molecule has 4 rings (SSSR count). The van der Waals surface area contributed by atoms with Crippen molar-refractivity contribution in [1.29, 1.82) is 0 Å². The quantitative estimate of drug-likeness (QED) is 0.605. The van der Waals surface area contributed by atoms with Gasteiger partial charge in [-0.05, 0) is 49.2 Å². The van der Waals surface area contributed by atoms with Crippen LogP contribution in [0.4, 0.5) is 19.0 Å². The first-order chi connectivity index (χ1) is 13.5. The Morgan fingerprint density at radius 1 is 1.00 bits per heavy atom. The van der Waals surface area contributed by atoms with Crippen molar-refractivity contribution in [2.24, 2.45) is 5.92 Å². The molecule has 0 amide bonds. The summed E-state index contributed by atoms with van der Waals surface area (Å²) < 4.78 is 39.5. The smallest absolute Gasteiger partial charge is 0.297 e. The summed E-state index contributed by atoms with van der Waals surface area (Å²) >= 11 is 0. The van der Waals surface area contributed by atoms with Crippen molar-refractivity contribution in [2.45, 2.75) is 19.3 Å². The predicted octanol–water partition coefficient (Wildman–Crippen LogP) is 4.81. The summed E-state index contributed by atoms with van der Waals surface area (Å²) in [6.45, 7) is 1.06. The number of benzene rings is 2. The van der Waals surface area contributed by atoms with Crippen LogP contribution in [-0.4, -0.2) is 28.8 Å². The Morgan fingerprint density at radius 3 is 2.36 bits per heavy atom. The Kier molecular flexibility index (Phi) is 4.98. The van der Waals surface area contributed by atoms with Gasteiger partial charge in [0.25, 0.3) is 6.43 Å². The number of carbonyl (C=O) groups excluding carboxylic acids is 1. The van der Waals surface area contributed by atoms with E-state index in [0.29, 0.717) is 42.8 Å². The van der Waals surface area contributed by atoms with E-state index in [9.17, 15) is 18.0 Å². The minimum atomic E-state index is -2.75. The Hall–Kier alpha value is -2.96. The molecular formula is C21H18F3N3O. The molecule has 1 saturated heterocycles. The van der Waals surface area contributed by atoms with Gasteiger partial charge in [-0.25, -0.2) is 23.1 Å². The lowest BCUT2D eigenvalue weighted by molar-refractivity contribution is 0.0900. The maximum absolute atomic E-state index is 13.2. The van der Waals surface area contributed by atoms with Gasteiger partial charge in [0.05, 0.1) is 5.52 Å². The molecule has 28 heavy (non-hydrogen) atoms. The molecular weight excluding hydrogens is 367 g/mol. The van der Waals surface area contributed by atoms with Crippen molar-refractivity contribution >= 4 is 22.5 Å². The van der Waals surface area contributed by atoms with Crippen LogP contribution < -0.4 is 4.90 Å². The number of ketones is 1. The number of alkyl halides is 2. The average Bonchev–Trinajstić information content (AvgIpc) is 2.73. The summed E-state index contributed by atoms with van der Waals surface area (Å²) in [5.74, 6) is -0.575. The fourth-order valence-corrected chi connectivity index (χ4v) is 3.62. The third-order valence-electron chi connectivity index (χ3n) is 5.09. The first-order valence-corrected chi connectivity index (χ1v) is 9.12. The van der Waals surface area contributed by atoms with Crippen molar-refractivity contribution in [3.8, 4) is 0 Å². The molecule has 1 aliphatic rings. The Morgan fingerprint density at radius 2 is 1.68 bits per heavy atom. The van der Waals surface area contributed by atoms with Crippen LogP contribution in [0, 0.1) is 11.7 Å². The van der Waals surface area contributed by atoms with Crippen LogP contribution in [0.2, 0.25) is 0 Å². The predicted molar refractivity (Wildman–Crippen MR) is 100 cm³/mol. The van der Waals surface area contributed by atoms with Gasteiger partial charge < -0.3 is 4.90 Å². The molecule has 4 nitrogen and oxygen atoms in total. The number of halogens is 3. The van der Waals surface area contributed by atoms with Gasteiger partial charge in [-0.1, -0.05) is 12.1 Å². The van der Waals surface area contributed by atoms with E-state index >= 15 is 0 Å². The number of hydrogen-bond acceptors (Lipinski definition) is 4. The zero-order valence-electron chi connectivity index (χ0n) is 15.0. The van der Waals surface area contributed by atoms with Gasteiger partial charge in [0, 0.05) is 30.0 Å². The minimum Gasteiger partial charge on any atom is -0.356 e. The number of piperidine rings is 1. The second-order valence-corrected chi connectivity index (χ2v) is 6.86. The number of anilines is 1. The highest BCUT2D eigenvalue weighted by molar-refractivity contribution is 5.98. The van der Waals surface area contributed by atoms with Crippen LogP contribution in [0.3, 0.4) is 0 Å². The lowest BCUT2D eigenvalue weighted by Gasteiger charge is -2.33. The van der Waals surface area contributed by atoms with Gasteiger partial charge in [-0.15, -0.1) is 0 Å². The number of hydrogen-bond donors (Lipinski definition) is 0. The van der Waals surface area contributed by atoms with Crippen LogP contribution in [0.1, 0.15) is 35.4 Å². The van der Waals surface area contributed by atoms with E-state index in [1.165, 1.54) is 24.3 Å². The van der Waals surface area contributed by atoms with Gasteiger partial charge >= 0.3 is 0 Å². The number of nitrogens with zero attached hydrogens (tertiary/aromatic N) is 3. The first-order valence-electron chi connectivity index (χ1n) is 9.12. The number of fused-ring (bicyclic) bond motifs is 1. The van der Waals surface area contributed by atoms with Gasteiger partial charge in [0.15, 0.2) is 11.6 Å². The van der Waals surface area contributed by atoms with Crippen LogP contribution in [0.5, 0.6) is 0 Å². The minimum absolute atomic E-state index is 0.0135. The van der Waals surface area contributed by atoms with Crippen molar-refractivity contribution in [3.63, 3.8) is 0 Å². The highest BCUT2D eigenvalue weighted by Gasteiger charge is 2.28. The molecule has 0 aliphatic carbocycles. The molecule has 2 heterocycles. The van der Waals surface area contributed by atoms with E-state index in [4.69, 9.17) is 0 Å². The largest absolute Gasteiger partial charge is 0.356 e. The standard InChI is InChI=1S/C21H18F3N3O/c22-15-7-5-13(6-8-15)18(28)14-9-11-27(12-10-14)21-16-3-1-2-4-17(16)25-20(26-21)19(23)24/h1-8,14,19H,9-12H2. The van der Waals surface area contributed by atoms with E-state index in [0.717, 1.165) is 5.39 Å². The average molecular weight is 385 g/mol. The molecule has 0 spiro atoms. The molecule has 0 atom stereocenters. The van der Waals surface area contributed by atoms with E-state index in [1.54, 1.807) is 12.1 Å². The van der Waals surface area contributed by atoms with Crippen molar-refractivity contribution < 1.29 is 18.0 Å². The van der Waals surface area contributed by atoms with Crippen LogP contribution in [-0.2, 0) is 0 Å². The van der Waals surface area contributed by atoms with Crippen molar-refractivity contribution in [1.82, 2.24) is 9.97 Å². The van der Waals surface area contributed by atoms with E-state index < -0.39 is 12.2 Å². The first kappa shape index (κ1) is 18.4. The van der Waals surface area contributed by atoms with Crippen molar-refractivity contribution in [2.75, 3.05) is 18.0 Å². The molecule has 0 N–H and O–H groups in total. The summed E-state index contributed by atoms with van der Waals surface area (Å²) in [4.78, 5) is 22.6. The maximum Gasteiger partial charge on any atom is 0.297 e. The molecule has 1 fully saturated rings. The van der Waals surface area contributed by atoms with Crippen LogP contribution in [0.25, 0.3) is 10.9 Å². The molecule has 0 radical (unpaired) electrons. The molecule has 144 valence electrons. The monoisotopic (exact) mass is 385 g/mol. The molecule has 1 aliphatic heterocycles. The number of aromatic nitrogens is 2. The number of para-hydroxylation sites is 1. The van der Waals surface area contributed by atoms with E-state index in [1.807, 2.05) is 17.0 Å². The van der Waals surface area contributed by atoms with E-state index in [-0.39, 0.29) is 17.5 Å². The summed E-state index contributed by atoms with van der Waals surface area (Å²) in [6.07, 6.45) is -1.59. The second-order valence-electron chi connectivity index (χ2n) is 6.86. The highest BCUT2D eigenvalue weighted by Crippen LogP contribution is 2.31. The Bertz CT molecular complexity index is 999. The zero-order chi connectivity index (χ0) is 19.7. The summed E-state index contributed by atoms with van der Waals surface area (Å²) in [6, 6.07) is 12.6. The molecule has 0 bridgehead atoms. The summed E-state index contributed by atoms with van der Waals surface area (Å²) in [5.41, 5.74) is 0.972. The number of carbonyl (C=O) groups is 1. The van der Waals surface area contributed by atoms with Crippen LogP contribution in [0.15, 0.2) is 48.5 Å². The molecule has 7 heteroatoms. The Balaban J connectivity index is 1.55. The topological polar surface area (TPSA) is 46.1 Å². The van der Waals surface area contributed by atoms with Crippen molar-refractivity contribution in [3.05, 3.63) is 65.7 Å². The maximum atomic E-state index is 13.2. The normalized spacial score (nSPS) is 15.4. The van der Waals surface area contributed by atoms with Crippen LogP contribution >= 0.6 is 0 Å². The lowest BCUT2D eigenvalue weighted by Crippen LogP contribution is -2.37. The second kappa shape index (κ2) is 7.58. The molecule has 1 aromatic heterocycles. The summed E-state index contributed by atoms with van der Waals surface area (Å²) in [7, 11) is 0. The van der Waals surface area contributed by atoms with Gasteiger partial charge in [0.1, 0.15) is 11.6 Å². The molecule has 0 saturated carbocycles. The number of Topliss-reactive ketones (excluding diaryl/α,β-unsaturated/α-hetero) is 1. The summed E-state index contributed by atoms with van der Waals surface area (Å²) in [5, 5.41) is 0.718. The Labute approximate surface area is 160 Å².